The lowest BCUT2D eigenvalue weighted by atomic mass is 9.92. The Hall–Kier alpha value is -1.81. The number of methoxy groups -OCH3 is 1. The van der Waals surface area contributed by atoms with Gasteiger partial charge in [-0.3, -0.25) is 0 Å². The van der Waals surface area contributed by atoms with Gasteiger partial charge in [-0.2, -0.15) is 0 Å². The minimum Gasteiger partial charge on any atom is -0.464 e. The maximum Gasteiger partial charge on any atom is 0.360 e. The molecule has 1 aromatic carbocycles. The molecule has 0 aliphatic rings. The van der Waals surface area contributed by atoms with Gasteiger partial charge < -0.3 is 9.15 Å². The summed E-state index contributed by atoms with van der Waals surface area (Å²) in [5, 5.41) is 0.629. The van der Waals surface area contributed by atoms with E-state index in [9.17, 15) is 4.79 Å². The first-order valence-electron chi connectivity index (χ1n) is 6.18. The molecule has 20 heavy (non-hydrogen) atoms. The molecule has 5 heteroatoms. The molecule has 0 atom stereocenters. The Kier molecular flexibility index (Phi) is 3.86. The van der Waals surface area contributed by atoms with Gasteiger partial charge in [0.05, 0.1) is 7.11 Å². The molecular weight excluding hydrogens is 278 g/mol. The molecular formula is C15H16ClNO3. The second kappa shape index (κ2) is 5.29. The van der Waals surface area contributed by atoms with Crippen LogP contribution in [0, 0.1) is 0 Å². The standard InChI is InChI=1S/C15H16ClNO3/c1-15(2,3)12-11(14(18)19-4)17-13(20-12)9-5-7-10(16)8-6-9/h5-8H,1-4H3. The normalized spacial score (nSPS) is 11.4. The van der Waals surface area contributed by atoms with E-state index < -0.39 is 5.97 Å². The summed E-state index contributed by atoms with van der Waals surface area (Å²) in [4.78, 5) is 16.1. The van der Waals surface area contributed by atoms with Crippen LogP contribution >= 0.6 is 11.6 Å². The Morgan fingerprint density at radius 2 is 1.85 bits per heavy atom. The van der Waals surface area contributed by atoms with E-state index in [4.69, 9.17) is 20.8 Å². The number of carbonyl (C=O) groups excluding carboxylic acids is 1. The molecule has 0 unspecified atom stereocenters. The van der Waals surface area contributed by atoms with Crippen molar-refractivity contribution in [2.45, 2.75) is 26.2 Å². The fourth-order valence-corrected chi connectivity index (χ4v) is 1.91. The lowest BCUT2D eigenvalue weighted by Crippen LogP contribution is -2.16. The molecule has 0 saturated heterocycles. The molecule has 1 heterocycles. The molecule has 0 saturated carbocycles. The Morgan fingerprint density at radius 1 is 1.25 bits per heavy atom. The Morgan fingerprint density at radius 3 is 2.35 bits per heavy atom. The van der Waals surface area contributed by atoms with Crippen LogP contribution in [-0.2, 0) is 10.2 Å². The van der Waals surface area contributed by atoms with Gasteiger partial charge in [-0.15, -0.1) is 0 Å². The maximum absolute atomic E-state index is 11.8. The molecule has 0 radical (unpaired) electrons. The lowest BCUT2D eigenvalue weighted by molar-refractivity contribution is 0.0590. The van der Waals surface area contributed by atoms with Gasteiger partial charge in [0.15, 0.2) is 5.69 Å². The topological polar surface area (TPSA) is 52.3 Å². The average Bonchev–Trinajstić information content (AvgIpc) is 2.83. The smallest absolute Gasteiger partial charge is 0.360 e. The summed E-state index contributed by atoms with van der Waals surface area (Å²) >= 11 is 5.86. The number of esters is 1. The molecule has 0 spiro atoms. The van der Waals surface area contributed by atoms with Crippen molar-refractivity contribution in [1.29, 1.82) is 0 Å². The molecule has 0 N–H and O–H groups in total. The number of halogens is 1. The van der Waals surface area contributed by atoms with Gasteiger partial charge in [0, 0.05) is 16.0 Å². The largest absolute Gasteiger partial charge is 0.464 e. The molecule has 0 fully saturated rings. The molecule has 2 aromatic rings. The van der Waals surface area contributed by atoms with Gasteiger partial charge in [0.25, 0.3) is 0 Å². The van der Waals surface area contributed by atoms with Crippen LogP contribution in [0.5, 0.6) is 0 Å². The minimum atomic E-state index is -0.501. The molecule has 4 nitrogen and oxygen atoms in total. The van der Waals surface area contributed by atoms with Crippen LogP contribution in [0.2, 0.25) is 5.02 Å². The Labute approximate surface area is 122 Å². The van der Waals surface area contributed by atoms with E-state index in [1.165, 1.54) is 7.11 Å². The highest BCUT2D eigenvalue weighted by atomic mass is 35.5. The molecule has 0 bridgehead atoms. The van der Waals surface area contributed by atoms with E-state index in [1.807, 2.05) is 20.8 Å². The molecule has 2 rings (SSSR count). The number of rotatable bonds is 2. The summed E-state index contributed by atoms with van der Waals surface area (Å²) in [6, 6.07) is 7.08. The van der Waals surface area contributed by atoms with E-state index in [-0.39, 0.29) is 11.1 Å². The Bertz CT molecular complexity index is 624. The first-order valence-corrected chi connectivity index (χ1v) is 6.56. The van der Waals surface area contributed by atoms with Crippen molar-refractivity contribution >= 4 is 17.6 Å². The van der Waals surface area contributed by atoms with Crippen molar-refractivity contribution in [2.75, 3.05) is 7.11 Å². The number of ether oxygens (including phenoxy) is 1. The van der Waals surface area contributed by atoms with E-state index in [0.717, 1.165) is 5.56 Å². The second-order valence-corrected chi connectivity index (χ2v) is 5.88. The van der Waals surface area contributed by atoms with Gasteiger partial charge >= 0.3 is 5.97 Å². The molecule has 106 valence electrons. The number of nitrogens with zero attached hydrogens (tertiary/aromatic N) is 1. The third kappa shape index (κ3) is 2.85. The van der Waals surface area contributed by atoms with E-state index in [2.05, 4.69) is 4.98 Å². The highest BCUT2D eigenvalue weighted by Crippen LogP contribution is 2.31. The number of hydrogen-bond donors (Lipinski definition) is 0. The van der Waals surface area contributed by atoms with Crippen molar-refractivity contribution < 1.29 is 13.9 Å². The number of benzene rings is 1. The van der Waals surface area contributed by atoms with Crippen LogP contribution in [0.15, 0.2) is 28.7 Å². The Balaban J connectivity index is 2.54. The van der Waals surface area contributed by atoms with Crippen LogP contribution < -0.4 is 0 Å². The number of carbonyl (C=O) groups is 1. The van der Waals surface area contributed by atoms with Crippen LogP contribution in [0.4, 0.5) is 0 Å². The van der Waals surface area contributed by atoms with Crippen LogP contribution in [0.25, 0.3) is 11.5 Å². The van der Waals surface area contributed by atoms with Crippen molar-refractivity contribution in [3.05, 3.63) is 40.7 Å². The summed E-state index contributed by atoms with van der Waals surface area (Å²) in [5.74, 6) is 0.389. The highest BCUT2D eigenvalue weighted by Gasteiger charge is 2.30. The van der Waals surface area contributed by atoms with Gasteiger partial charge in [-0.25, -0.2) is 9.78 Å². The minimum absolute atomic E-state index is 0.213. The van der Waals surface area contributed by atoms with Crippen LogP contribution in [-0.4, -0.2) is 18.1 Å². The number of hydrogen-bond acceptors (Lipinski definition) is 4. The van der Waals surface area contributed by atoms with Crippen molar-refractivity contribution in [3.63, 3.8) is 0 Å². The summed E-state index contributed by atoms with van der Waals surface area (Å²) in [5.41, 5.74) is 0.626. The van der Waals surface area contributed by atoms with Gasteiger partial charge in [0.2, 0.25) is 5.89 Å². The summed E-state index contributed by atoms with van der Waals surface area (Å²) < 4.78 is 10.5. The number of aromatic nitrogens is 1. The van der Waals surface area contributed by atoms with E-state index in [0.29, 0.717) is 16.7 Å². The van der Waals surface area contributed by atoms with Crippen molar-refractivity contribution in [1.82, 2.24) is 4.98 Å². The monoisotopic (exact) mass is 293 g/mol. The predicted octanol–water partition coefficient (Wildman–Crippen LogP) is 4.08. The van der Waals surface area contributed by atoms with Gasteiger partial charge in [-0.1, -0.05) is 32.4 Å². The lowest BCUT2D eigenvalue weighted by Gasteiger charge is -2.15. The number of oxazole rings is 1. The molecule has 0 aliphatic carbocycles. The quantitative estimate of drug-likeness (QED) is 0.783. The van der Waals surface area contributed by atoms with Crippen LogP contribution in [0.3, 0.4) is 0 Å². The van der Waals surface area contributed by atoms with Crippen molar-refractivity contribution in [2.24, 2.45) is 0 Å². The maximum atomic E-state index is 11.8. The van der Waals surface area contributed by atoms with Gasteiger partial charge in [0.1, 0.15) is 5.76 Å². The predicted molar refractivity (Wildman–Crippen MR) is 77.0 cm³/mol. The van der Waals surface area contributed by atoms with Gasteiger partial charge in [-0.05, 0) is 24.3 Å². The first-order chi connectivity index (χ1) is 9.32. The fourth-order valence-electron chi connectivity index (χ4n) is 1.78. The zero-order valence-electron chi connectivity index (χ0n) is 11.9. The summed E-state index contributed by atoms with van der Waals surface area (Å²) in [7, 11) is 1.32. The summed E-state index contributed by atoms with van der Waals surface area (Å²) in [6.07, 6.45) is 0. The third-order valence-corrected chi connectivity index (χ3v) is 3.03. The zero-order chi connectivity index (χ0) is 14.9. The first kappa shape index (κ1) is 14.6. The fraction of sp³-hybridized carbons (Fsp3) is 0.333. The SMILES string of the molecule is COC(=O)c1nc(-c2ccc(Cl)cc2)oc1C(C)(C)C. The van der Waals surface area contributed by atoms with Crippen molar-refractivity contribution in [3.8, 4) is 11.5 Å². The van der Waals surface area contributed by atoms with E-state index in [1.54, 1.807) is 24.3 Å². The van der Waals surface area contributed by atoms with Crippen LogP contribution in [0.1, 0.15) is 37.0 Å². The second-order valence-electron chi connectivity index (χ2n) is 5.45. The molecule has 0 aliphatic heterocycles. The zero-order valence-corrected chi connectivity index (χ0v) is 12.6. The average molecular weight is 294 g/mol. The van der Waals surface area contributed by atoms with E-state index >= 15 is 0 Å². The highest BCUT2D eigenvalue weighted by molar-refractivity contribution is 6.30. The molecule has 0 amide bonds. The third-order valence-electron chi connectivity index (χ3n) is 2.78. The molecule has 1 aromatic heterocycles. The summed E-state index contributed by atoms with van der Waals surface area (Å²) in [6.45, 7) is 5.85.